The average Bonchev–Trinajstić information content (AvgIpc) is 3.43. The molecular formula is C17H15FN4O3. The number of rotatable bonds is 5. The molecule has 1 aromatic carbocycles. The number of halogens is 1. The van der Waals surface area contributed by atoms with Gasteiger partial charge >= 0.3 is 5.69 Å². The van der Waals surface area contributed by atoms with Crippen molar-refractivity contribution in [3.8, 4) is 6.07 Å². The van der Waals surface area contributed by atoms with Gasteiger partial charge in [0.05, 0.1) is 0 Å². The van der Waals surface area contributed by atoms with Crippen molar-refractivity contribution >= 4 is 5.91 Å². The van der Waals surface area contributed by atoms with Crippen LogP contribution in [0.4, 0.5) is 4.39 Å². The number of hydrogen-bond donors (Lipinski definition) is 1. The number of nitrogens with zero attached hydrogens (tertiary/aromatic N) is 3. The van der Waals surface area contributed by atoms with E-state index in [1.165, 1.54) is 29.0 Å². The fraction of sp³-hybridized carbons (Fsp3) is 0.294. The number of hydrogen-bond acceptors (Lipinski definition) is 4. The Labute approximate surface area is 141 Å². The summed E-state index contributed by atoms with van der Waals surface area (Å²) in [5, 5.41) is 11.5. The van der Waals surface area contributed by atoms with Crippen LogP contribution in [0.15, 0.2) is 40.1 Å². The molecule has 1 fully saturated rings. The lowest BCUT2D eigenvalue weighted by molar-refractivity contribution is -0.122. The summed E-state index contributed by atoms with van der Waals surface area (Å²) >= 11 is 0. The molecule has 0 aliphatic heterocycles. The summed E-state index contributed by atoms with van der Waals surface area (Å²) in [6.45, 7) is -0.580. The Kier molecular flexibility index (Phi) is 4.48. The van der Waals surface area contributed by atoms with Gasteiger partial charge in [-0.2, -0.15) is 5.26 Å². The number of benzene rings is 1. The second-order valence-corrected chi connectivity index (χ2v) is 5.84. The molecule has 0 radical (unpaired) electrons. The number of nitriles is 1. The van der Waals surface area contributed by atoms with Gasteiger partial charge in [0.1, 0.15) is 24.0 Å². The molecule has 0 atom stereocenters. The maximum absolute atomic E-state index is 13.5. The SMILES string of the molecule is N#Cc1cn(C2CC2)c(=O)n(CC(=O)NCc2ccccc2F)c1=O. The zero-order valence-corrected chi connectivity index (χ0v) is 13.2. The minimum atomic E-state index is -0.801. The summed E-state index contributed by atoms with van der Waals surface area (Å²) in [7, 11) is 0. The highest BCUT2D eigenvalue weighted by molar-refractivity contribution is 5.75. The Hall–Kier alpha value is -3.21. The number of carbonyl (C=O) groups is 1. The molecule has 8 heteroatoms. The summed E-state index contributed by atoms with van der Waals surface area (Å²) in [5.74, 6) is -1.07. The van der Waals surface area contributed by atoms with Gasteiger partial charge in [0.25, 0.3) is 5.56 Å². The summed E-state index contributed by atoms with van der Waals surface area (Å²) in [6.07, 6.45) is 2.83. The maximum atomic E-state index is 13.5. The van der Waals surface area contributed by atoms with Crippen LogP contribution in [-0.4, -0.2) is 15.0 Å². The Morgan fingerprint density at radius 2 is 2.04 bits per heavy atom. The van der Waals surface area contributed by atoms with Crippen molar-refractivity contribution in [1.29, 1.82) is 5.26 Å². The third kappa shape index (κ3) is 3.50. The molecule has 128 valence electrons. The van der Waals surface area contributed by atoms with Gasteiger partial charge in [-0.25, -0.2) is 13.8 Å². The number of amides is 1. The third-order valence-electron chi connectivity index (χ3n) is 3.99. The fourth-order valence-corrected chi connectivity index (χ4v) is 2.49. The van der Waals surface area contributed by atoms with Crippen LogP contribution in [0.25, 0.3) is 0 Å². The van der Waals surface area contributed by atoms with Gasteiger partial charge in [-0.05, 0) is 18.9 Å². The molecule has 1 aliphatic carbocycles. The van der Waals surface area contributed by atoms with E-state index >= 15 is 0 Å². The lowest BCUT2D eigenvalue weighted by atomic mass is 10.2. The molecule has 1 N–H and O–H groups in total. The van der Waals surface area contributed by atoms with Gasteiger partial charge in [0, 0.05) is 24.3 Å². The van der Waals surface area contributed by atoms with Crippen LogP contribution in [0.3, 0.4) is 0 Å². The fourth-order valence-electron chi connectivity index (χ4n) is 2.49. The monoisotopic (exact) mass is 342 g/mol. The number of aromatic nitrogens is 2. The van der Waals surface area contributed by atoms with Gasteiger partial charge in [-0.1, -0.05) is 18.2 Å². The first-order valence-electron chi connectivity index (χ1n) is 7.77. The molecule has 1 amide bonds. The lowest BCUT2D eigenvalue weighted by Gasteiger charge is -2.11. The van der Waals surface area contributed by atoms with E-state index in [0.29, 0.717) is 5.56 Å². The first-order valence-corrected chi connectivity index (χ1v) is 7.77. The second kappa shape index (κ2) is 6.73. The van der Waals surface area contributed by atoms with Crippen LogP contribution in [0.1, 0.15) is 30.0 Å². The predicted molar refractivity (Wildman–Crippen MR) is 86.2 cm³/mol. The Morgan fingerprint density at radius 1 is 1.32 bits per heavy atom. The van der Waals surface area contributed by atoms with E-state index < -0.39 is 29.5 Å². The van der Waals surface area contributed by atoms with Gasteiger partial charge in [0.15, 0.2) is 0 Å². The van der Waals surface area contributed by atoms with E-state index in [4.69, 9.17) is 5.26 Å². The molecule has 1 heterocycles. The van der Waals surface area contributed by atoms with E-state index in [1.807, 2.05) is 0 Å². The molecule has 3 rings (SSSR count). The maximum Gasteiger partial charge on any atom is 0.331 e. The van der Waals surface area contributed by atoms with Crippen LogP contribution in [0.2, 0.25) is 0 Å². The highest BCUT2D eigenvalue weighted by atomic mass is 19.1. The molecule has 0 saturated heterocycles. The van der Waals surface area contributed by atoms with Gasteiger partial charge < -0.3 is 5.32 Å². The summed E-state index contributed by atoms with van der Waals surface area (Å²) in [4.78, 5) is 36.6. The molecule has 0 spiro atoms. The second-order valence-electron chi connectivity index (χ2n) is 5.84. The minimum Gasteiger partial charge on any atom is -0.350 e. The van der Waals surface area contributed by atoms with Gasteiger partial charge in [-0.15, -0.1) is 0 Å². The number of carbonyl (C=O) groups excluding carboxylic acids is 1. The van der Waals surface area contributed by atoms with Crippen molar-refractivity contribution in [3.05, 3.63) is 68.2 Å². The standard InChI is InChI=1S/C17H15FN4O3/c18-14-4-2-1-3-11(14)8-20-15(23)10-22-16(24)12(7-19)9-21(17(22)25)13-5-6-13/h1-4,9,13H,5-6,8,10H2,(H,20,23). The van der Waals surface area contributed by atoms with Crippen LogP contribution < -0.4 is 16.6 Å². The van der Waals surface area contributed by atoms with Crippen molar-refractivity contribution in [2.24, 2.45) is 0 Å². The van der Waals surface area contributed by atoms with Crippen LogP contribution >= 0.6 is 0 Å². The van der Waals surface area contributed by atoms with Crippen molar-refractivity contribution in [3.63, 3.8) is 0 Å². The molecule has 25 heavy (non-hydrogen) atoms. The van der Waals surface area contributed by atoms with E-state index in [0.717, 1.165) is 17.4 Å². The predicted octanol–water partition coefficient (Wildman–Crippen LogP) is 0.672. The van der Waals surface area contributed by atoms with Crippen molar-refractivity contribution in [2.75, 3.05) is 0 Å². The van der Waals surface area contributed by atoms with Gasteiger partial charge in [-0.3, -0.25) is 14.2 Å². The molecule has 0 unspecified atom stereocenters. The lowest BCUT2D eigenvalue weighted by Crippen LogP contribution is -2.44. The molecular weight excluding hydrogens is 327 g/mol. The quantitative estimate of drug-likeness (QED) is 0.864. The third-order valence-corrected chi connectivity index (χ3v) is 3.99. The van der Waals surface area contributed by atoms with Crippen molar-refractivity contribution in [2.45, 2.75) is 32.0 Å². The highest BCUT2D eigenvalue weighted by Crippen LogP contribution is 2.33. The van der Waals surface area contributed by atoms with Crippen LogP contribution in [0, 0.1) is 17.1 Å². The molecule has 2 aromatic rings. The van der Waals surface area contributed by atoms with Crippen LogP contribution in [0.5, 0.6) is 0 Å². The zero-order chi connectivity index (χ0) is 18.0. The largest absolute Gasteiger partial charge is 0.350 e. The Morgan fingerprint density at radius 3 is 2.68 bits per heavy atom. The molecule has 1 aromatic heterocycles. The van der Waals surface area contributed by atoms with Crippen LogP contribution in [-0.2, 0) is 17.9 Å². The van der Waals surface area contributed by atoms with Crippen molar-refractivity contribution in [1.82, 2.24) is 14.5 Å². The normalized spacial score (nSPS) is 13.3. The summed E-state index contributed by atoms with van der Waals surface area (Å²) in [5.41, 5.74) is -1.31. The van der Waals surface area contributed by atoms with E-state index in [2.05, 4.69) is 5.32 Å². The Bertz CT molecular complexity index is 983. The molecule has 1 saturated carbocycles. The minimum absolute atomic E-state index is 0.0343. The first kappa shape index (κ1) is 16.6. The van der Waals surface area contributed by atoms with Gasteiger partial charge in [0.2, 0.25) is 5.91 Å². The topological polar surface area (TPSA) is 96.9 Å². The summed E-state index contributed by atoms with van der Waals surface area (Å²) < 4.78 is 15.6. The van der Waals surface area contributed by atoms with Crippen molar-refractivity contribution < 1.29 is 9.18 Å². The first-order chi connectivity index (χ1) is 12.0. The van der Waals surface area contributed by atoms with E-state index in [9.17, 15) is 18.8 Å². The van der Waals surface area contributed by atoms with E-state index in [1.54, 1.807) is 12.1 Å². The summed E-state index contributed by atoms with van der Waals surface area (Å²) in [6, 6.07) is 7.69. The Balaban J connectivity index is 1.80. The highest BCUT2D eigenvalue weighted by Gasteiger charge is 2.27. The molecule has 1 aliphatic rings. The van der Waals surface area contributed by atoms with E-state index in [-0.39, 0.29) is 18.2 Å². The molecule has 0 bridgehead atoms. The smallest absolute Gasteiger partial charge is 0.331 e. The average molecular weight is 342 g/mol. The molecule has 7 nitrogen and oxygen atoms in total. The zero-order valence-electron chi connectivity index (χ0n) is 13.2. The number of nitrogens with one attached hydrogen (secondary N) is 1.